The van der Waals surface area contributed by atoms with E-state index in [1.165, 1.54) is 0 Å². The highest BCUT2D eigenvalue weighted by Gasteiger charge is 2.37. The third kappa shape index (κ3) is 4.34. The Morgan fingerprint density at radius 1 is 1.00 bits per heavy atom. The first kappa shape index (κ1) is 21.5. The lowest BCUT2D eigenvalue weighted by atomic mass is 10.1. The van der Waals surface area contributed by atoms with Gasteiger partial charge >= 0.3 is 6.09 Å². The van der Waals surface area contributed by atoms with E-state index in [1.807, 2.05) is 0 Å². The van der Waals surface area contributed by atoms with Gasteiger partial charge in [-0.3, -0.25) is 19.3 Å². The van der Waals surface area contributed by atoms with Crippen LogP contribution in [0.3, 0.4) is 0 Å². The molecule has 0 saturated heterocycles. The van der Waals surface area contributed by atoms with Crippen LogP contribution in [0.4, 0.5) is 10.5 Å². The van der Waals surface area contributed by atoms with Crippen molar-refractivity contribution in [3.05, 3.63) is 86.1 Å². The number of imide groups is 1. The van der Waals surface area contributed by atoms with Gasteiger partial charge in [-0.1, -0.05) is 41.9 Å². The van der Waals surface area contributed by atoms with Gasteiger partial charge in [0.2, 0.25) is 0 Å². The highest BCUT2D eigenvalue weighted by Crippen LogP contribution is 2.31. The fraction of sp³-hybridized carbons (Fsp3) is 0.0909. The molecule has 0 fully saturated rings. The number of thiophene rings is 1. The van der Waals surface area contributed by atoms with Gasteiger partial charge in [-0.25, -0.2) is 4.79 Å². The SMILES string of the molecule is O=C(O)NCc1cccc(CN2C(=O)c3cccc(NC(=O)c4ccc(Cl)s4)c3C2=O)c1. The van der Waals surface area contributed by atoms with Gasteiger partial charge in [0.15, 0.2) is 0 Å². The normalized spacial score (nSPS) is 12.6. The van der Waals surface area contributed by atoms with Gasteiger partial charge in [0.25, 0.3) is 17.7 Å². The Kier molecular flexibility index (Phi) is 5.93. The van der Waals surface area contributed by atoms with Crippen molar-refractivity contribution in [2.75, 3.05) is 5.32 Å². The number of hydrogen-bond donors (Lipinski definition) is 3. The van der Waals surface area contributed by atoms with Gasteiger partial charge in [0.05, 0.1) is 32.6 Å². The van der Waals surface area contributed by atoms with Crippen LogP contribution in [0, 0.1) is 0 Å². The second kappa shape index (κ2) is 8.81. The van der Waals surface area contributed by atoms with Gasteiger partial charge in [-0.2, -0.15) is 0 Å². The lowest BCUT2D eigenvalue weighted by Gasteiger charge is -2.15. The number of fused-ring (bicyclic) bond motifs is 1. The molecule has 162 valence electrons. The quantitative estimate of drug-likeness (QED) is 0.467. The minimum Gasteiger partial charge on any atom is -0.465 e. The summed E-state index contributed by atoms with van der Waals surface area (Å²) in [6.45, 7) is 0.120. The summed E-state index contributed by atoms with van der Waals surface area (Å²) in [5, 5.41) is 13.7. The largest absolute Gasteiger partial charge is 0.465 e. The van der Waals surface area contributed by atoms with Crippen molar-refractivity contribution in [1.29, 1.82) is 0 Å². The van der Waals surface area contributed by atoms with Crippen LogP contribution in [-0.4, -0.2) is 33.8 Å². The number of halogens is 1. The molecule has 2 aromatic carbocycles. The highest BCUT2D eigenvalue weighted by atomic mass is 35.5. The number of nitrogens with zero attached hydrogens (tertiary/aromatic N) is 1. The third-order valence-electron chi connectivity index (χ3n) is 4.82. The van der Waals surface area contributed by atoms with Crippen molar-refractivity contribution in [1.82, 2.24) is 10.2 Å². The first-order chi connectivity index (χ1) is 15.3. The average molecular weight is 470 g/mol. The summed E-state index contributed by atoms with van der Waals surface area (Å²) >= 11 is 6.99. The van der Waals surface area contributed by atoms with Crippen LogP contribution in [0.15, 0.2) is 54.6 Å². The molecule has 0 radical (unpaired) electrons. The number of carboxylic acid groups (broad SMARTS) is 1. The van der Waals surface area contributed by atoms with Crippen LogP contribution < -0.4 is 10.6 Å². The summed E-state index contributed by atoms with van der Waals surface area (Å²) in [7, 11) is 0. The van der Waals surface area contributed by atoms with Crippen molar-refractivity contribution in [2.45, 2.75) is 13.1 Å². The first-order valence-electron chi connectivity index (χ1n) is 9.44. The Labute approximate surface area is 191 Å². The zero-order valence-electron chi connectivity index (χ0n) is 16.4. The van der Waals surface area contributed by atoms with Crippen LogP contribution in [0.25, 0.3) is 0 Å². The van der Waals surface area contributed by atoms with E-state index in [4.69, 9.17) is 16.7 Å². The van der Waals surface area contributed by atoms with E-state index >= 15 is 0 Å². The smallest absolute Gasteiger partial charge is 0.404 e. The number of benzene rings is 2. The molecule has 2 heterocycles. The summed E-state index contributed by atoms with van der Waals surface area (Å²) in [6, 6.07) is 14.8. The fourth-order valence-electron chi connectivity index (χ4n) is 3.40. The standard InChI is InChI=1S/C22H16ClN3O5S/c23-17-8-7-16(32-17)19(27)25-15-6-2-5-14-18(15)21(29)26(20(14)28)11-13-4-1-3-12(9-13)10-24-22(30)31/h1-9,24H,10-11H2,(H,25,27)(H,30,31). The number of amides is 4. The average Bonchev–Trinajstić information content (AvgIpc) is 3.30. The maximum Gasteiger partial charge on any atom is 0.404 e. The van der Waals surface area contributed by atoms with Gasteiger partial charge in [0, 0.05) is 6.54 Å². The molecule has 8 nitrogen and oxygen atoms in total. The van der Waals surface area contributed by atoms with Crippen LogP contribution in [-0.2, 0) is 13.1 Å². The van der Waals surface area contributed by atoms with Crippen LogP contribution in [0.5, 0.6) is 0 Å². The molecule has 1 aliphatic rings. The number of hydrogen-bond acceptors (Lipinski definition) is 5. The molecule has 1 aliphatic heterocycles. The van der Waals surface area contributed by atoms with Gasteiger partial charge in [-0.15, -0.1) is 11.3 Å². The molecule has 3 aromatic rings. The van der Waals surface area contributed by atoms with Crippen LogP contribution in [0.2, 0.25) is 4.34 Å². The summed E-state index contributed by atoms with van der Waals surface area (Å²) in [5.41, 5.74) is 1.96. The fourth-order valence-corrected chi connectivity index (χ4v) is 4.34. The van der Waals surface area contributed by atoms with Crippen LogP contribution in [0.1, 0.15) is 41.5 Å². The summed E-state index contributed by atoms with van der Waals surface area (Å²) in [4.78, 5) is 50.7. The molecule has 4 amide bonds. The number of carbonyl (C=O) groups excluding carboxylic acids is 3. The number of nitrogens with one attached hydrogen (secondary N) is 2. The van der Waals surface area contributed by atoms with E-state index in [0.29, 0.717) is 20.3 Å². The number of anilines is 1. The maximum absolute atomic E-state index is 13.1. The minimum atomic E-state index is -1.14. The topological polar surface area (TPSA) is 116 Å². The molecule has 32 heavy (non-hydrogen) atoms. The zero-order chi connectivity index (χ0) is 22.8. The van der Waals surface area contributed by atoms with Gasteiger partial charge in [-0.05, 0) is 35.4 Å². The molecule has 0 atom stereocenters. The third-order valence-corrected chi connectivity index (χ3v) is 6.05. The summed E-state index contributed by atoms with van der Waals surface area (Å²) in [5.74, 6) is -1.40. The molecular formula is C22H16ClN3O5S. The van der Waals surface area contributed by atoms with E-state index in [1.54, 1.807) is 54.6 Å². The second-order valence-electron chi connectivity index (χ2n) is 6.96. The van der Waals surface area contributed by atoms with E-state index in [2.05, 4.69) is 10.6 Å². The van der Waals surface area contributed by atoms with Gasteiger partial charge in [0.1, 0.15) is 0 Å². The van der Waals surface area contributed by atoms with Crippen molar-refractivity contribution < 1.29 is 24.3 Å². The molecule has 0 aliphatic carbocycles. The Hall–Kier alpha value is -3.69. The second-order valence-corrected chi connectivity index (χ2v) is 8.68. The Morgan fingerprint density at radius 3 is 2.47 bits per heavy atom. The van der Waals surface area contributed by atoms with Crippen molar-refractivity contribution in [3.8, 4) is 0 Å². The molecule has 0 saturated carbocycles. The molecule has 0 bridgehead atoms. The minimum absolute atomic E-state index is 0.0151. The van der Waals surface area contributed by atoms with E-state index in [9.17, 15) is 19.2 Å². The maximum atomic E-state index is 13.1. The lowest BCUT2D eigenvalue weighted by molar-refractivity contribution is 0.0642. The number of rotatable bonds is 6. The molecule has 10 heteroatoms. The molecule has 1 aromatic heterocycles. The Bertz CT molecular complexity index is 1260. The molecule has 4 rings (SSSR count). The highest BCUT2D eigenvalue weighted by molar-refractivity contribution is 7.18. The Balaban J connectivity index is 1.55. The molecule has 0 unspecified atom stereocenters. The van der Waals surface area contributed by atoms with E-state index < -0.39 is 23.8 Å². The Morgan fingerprint density at radius 2 is 1.75 bits per heavy atom. The zero-order valence-corrected chi connectivity index (χ0v) is 18.0. The summed E-state index contributed by atoms with van der Waals surface area (Å²) in [6.07, 6.45) is -1.14. The van der Waals surface area contributed by atoms with Crippen molar-refractivity contribution in [2.24, 2.45) is 0 Å². The summed E-state index contributed by atoms with van der Waals surface area (Å²) < 4.78 is 0.464. The monoisotopic (exact) mass is 469 g/mol. The first-order valence-corrected chi connectivity index (χ1v) is 10.6. The predicted octanol–water partition coefficient (Wildman–Crippen LogP) is 4.22. The van der Waals surface area contributed by atoms with E-state index in [0.717, 1.165) is 16.2 Å². The molecule has 0 spiro atoms. The van der Waals surface area contributed by atoms with Gasteiger partial charge < -0.3 is 15.7 Å². The van der Waals surface area contributed by atoms with E-state index in [-0.39, 0.29) is 29.9 Å². The van der Waals surface area contributed by atoms with Crippen LogP contribution >= 0.6 is 22.9 Å². The molecular weight excluding hydrogens is 454 g/mol. The van der Waals surface area contributed by atoms with Crippen molar-refractivity contribution in [3.63, 3.8) is 0 Å². The predicted molar refractivity (Wildman–Crippen MR) is 119 cm³/mol. The number of carbonyl (C=O) groups is 4. The lowest BCUT2D eigenvalue weighted by Crippen LogP contribution is -2.29. The van der Waals surface area contributed by atoms with Crippen molar-refractivity contribution >= 4 is 52.4 Å². The molecule has 3 N–H and O–H groups in total.